The molecule has 1 aromatic rings. The van der Waals surface area contributed by atoms with Gasteiger partial charge in [-0.15, -0.1) is 0 Å². The Morgan fingerprint density at radius 1 is 1.16 bits per heavy atom. The number of hydrogen-bond donors (Lipinski definition) is 3. The molecule has 1 aliphatic rings. The van der Waals surface area contributed by atoms with Gasteiger partial charge in [-0.05, 0) is 42.3 Å². The lowest BCUT2D eigenvalue weighted by Crippen LogP contribution is -2.47. The molecule has 1 saturated heterocycles. The molecular weight excluding hydrogens is 338 g/mol. The summed E-state index contributed by atoms with van der Waals surface area (Å²) < 4.78 is 27.0. The number of rotatable bonds is 5. The molecule has 6 nitrogen and oxygen atoms in total. The summed E-state index contributed by atoms with van der Waals surface area (Å²) in [6.45, 7) is 9.39. The Hall–Kier alpha value is -1.60. The lowest BCUT2D eigenvalue weighted by molar-refractivity contribution is 0.256. The fraction of sp³-hybridized carbons (Fsp3) is 0.611. The third kappa shape index (κ3) is 4.95. The summed E-state index contributed by atoms with van der Waals surface area (Å²) in [5.41, 5.74) is 2.71. The van der Waals surface area contributed by atoms with Crippen LogP contribution in [0.3, 0.4) is 0 Å². The number of nitrogens with one attached hydrogen (secondary N) is 3. The maximum Gasteiger partial charge on any atom is 0.332 e. The van der Waals surface area contributed by atoms with E-state index in [1.54, 1.807) is 0 Å². The van der Waals surface area contributed by atoms with E-state index in [4.69, 9.17) is 0 Å². The van der Waals surface area contributed by atoms with Gasteiger partial charge in [-0.2, -0.15) is 0 Å². The molecule has 2 amide bonds. The Morgan fingerprint density at radius 3 is 2.24 bits per heavy atom. The van der Waals surface area contributed by atoms with Crippen LogP contribution in [-0.4, -0.2) is 32.8 Å². The second kappa shape index (κ2) is 8.19. The van der Waals surface area contributed by atoms with Gasteiger partial charge in [-0.25, -0.2) is 17.9 Å². The van der Waals surface area contributed by atoms with Crippen LogP contribution in [0.4, 0.5) is 10.5 Å². The van der Waals surface area contributed by atoms with Gasteiger partial charge in [0, 0.05) is 12.2 Å². The standard InChI is InChI=1S/C18H29N3O3S/c1-12(2)15-8-5-9-16(13(3)4)17(15)20-18(22)21-25(23,24)14-7-6-10-19-11-14/h5,8-9,12-14,19H,6-7,10-11H2,1-4H3,(H2,20,21,22). The molecule has 0 spiro atoms. The smallest absolute Gasteiger partial charge is 0.315 e. The van der Waals surface area contributed by atoms with Crippen LogP contribution >= 0.6 is 0 Å². The molecule has 7 heteroatoms. The monoisotopic (exact) mass is 367 g/mol. The zero-order chi connectivity index (χ0) is 18.6. The van der Waals surface area contributed by atoms with Crippen molar-refractivity contribution < 1.29 is 13.2 Å². The van der Waals surface area contributed by atoms with E-state index in [0.717, 1.165) is 24.1 Å². The molecule has 1 fully saturated rings. The SMILES string of the molecule is CC(C)c1cccc(C(C)C)c1NC(=O)NS(=O)(=O)C1CCCNC1. The molecule has 3 N–H and O–H groups in total. The minimum Gasteiger partial charge on any atom is -0.315 e. The lowest BCUT2D eigenvalue weighted by Gasteiger charge is -2.24. The molecule has 0 aromatic heterocycles. The van der Waals surface area contributed by atoms with Crippen LogP contribution in [0.25, 0.3) is 0 Å². The molecule has 0 radical (unpaired) electrons. The third-order valence-electron chi connectivity index (χ3n) is 4.54. The van der Waals surface area contributed by atoms with E-state index in [-0.39, 0.29) is 11.8 Å². The molecular formula is C18H29N3O3S. The minimum absolute atomic E-state index is 0.216. The summed E-state index contributed by atoms with van der Waals surface area (Å²) in [6.07, 6.45) is 1.36. The van der Waals surface area contributed by atoms with Crippen molar-refractivity contribution in [3.63, 3.8) is 0 Å². The van der Waals surface area contributed by atoms with Crippen molar-refractivity contribution in [2.75, 3.05) is 18.4 Å². The molecule has 0 saturated carbocycles. The van der Waals surface area contributed by atoms with Gasteiger partial charge in [-0.3, -0.25) is 0 Å². The maximum absolute atomic E-state index is 12.4. The Morgan fingerprint density at radius 2 is 1.76 bits per heavy atom. The van der Waals surface area contributed by atoms with Crippen molar-refractivity contribution in [1.82, 2.24) is 10.0 Å². The third-order valence-corrected chi connectivity index (χ3v) is 6.29. The van der Waals surface area contributed by atoms with Crippen LogP contribution in [0.15, 0.2) is 18.2 Å². The highest BCUT2D eigenvalue weighted by Gasteiger charge is 2.29. The summed E-state index contributed by atoms with van der Waals surface area (Å²) in [5.74, 6) is 0.432. The van der Waals surface area contributed by atoms with Gasteiger partial charge in [-0.1, -0.05) is 45.9 Å². The molecule has 0 aliphatic carbocycles. The zero-order valence-corrected chi connectivity index (χ0v) is 16.2. The molecule has 25 heavy (non-hydrogen) atoms. The van der Waals surface area contributed by atoms with Gasteiger partial charge in [0.1, 0.15) is 0 Å². The Balaban J connectivity index is 2.20. The Bertz CT molecular complexity index is 682. The first-order valence-electron chi connectivity index (χ1n) is 8.88. The first-order chi connectivity index (χ1) is 11.7. The maximum atomic E-state index is 12.4. The Labute approximate surface area is 150 Å². The summed E-state index contributed by atoms with van der Waals surface area (Å²) in [5, 5.41) is 5.28. The molecule has 1 heterocycles. The molecule has 0 bridgehead atoms. The van der Waals surface area contributed by atoms with Gasteiger partial charge in [0.05, 0.1) is 5.25 Å². The van der Waals surface area contributed by atoms with E-state index >= 15 is 0 Å². The molecule has 2 rings (SSSR count). The number of carbonyl (C=O) groups is 1. The van der Waals surface area contributed by atoms with E-state index in [9.17, 15) is 13.2 Å². The van der Waals surface area contributed by atoms with Crippen LogP contribution in [-0.2, 0) is 10.0 Å². The van der Waals surface area contributed by atoms with Crippen molar-refractivity contribution in [2.24, 2.45) is 0 Å². The quantitative estimate of drug-likeness (QED) is 0.746. The number of amides is 2. The van der Waals surface area contributed by atoms with Crippen LogP contribution in [0.1, 0.15) is 63.5 Å². The predicted molar refractivity (Wildman–Crippen MR) is 102 cm³/mol. The van der Waals surface area contributed by atoms with Crippen molar-refractivity contribution in [2.45, 2.75) is 57.6 Å². The number of para-hydroxylation sites is 1. The van der Waals surface area contributed by atoms with E-state index in [1.165, 1.54) is 0 Å². The Kier molecular flexibility index (Phi) is 6.46. The highest BCUT2D eigenvalue weighted by atomic mass is 32.2. The summed E-state index contributed by atoms with van der Waals surface area (Å²) in [4.78, 5) is 12.4. The topological polar surface area (TPSA) is 87.3 Å². The average Bonchev–Trinajstić information content (AvgIpc) is 2.54. The molecule has 1 unspecified atom stereocenters. The first kappa shape index (κ1) is 19.7. The van der Waals surface area contributed by atoms with Crippen LogP contribution in [0.2, 0.25) is 0 Å². The predicted octanol–water partition coefficient (Wildman–Crippen LogP) is 3.14. The van der Waals surface area contributed by atoms with Crippen LogP contribution in [0, 0.1) is 0 Å². The molecule has 140 valence electrons. The fourth-order valence-electron chi connectivity index (χ4n) is 3.13. The zero-order valence-electron chi connectivity index (χ0n) is 15.4. The summed E-state index contributed by atoms with van der Waals surface area (Å²) >= 11 is 0. The largest absolute Gasteiger partial charge is 0.332 e. The van der Waals surface area contributed by atoms with Gasteiger partial charge < -0.3 is 10.6 Å². The normalized spacial score (nSPS) is 18.4. The summed E-state index contributed by atoms with van der Waals surface area (Å²) in [7, 11) is -3.69. The molecule has 1 aromatic carbocycles. The van der Waals surface area contributed by atoms with E-state index in [2.05, 4.69) is 15.4 Å². The summed E-state index contributed by atoms with van der Waals surface area (Å²) in [6, 6.07) is 5.20. The number of anilines is 1. The number of urea groups is 1. The highest BCUT2D eigenvalue weighted by Crippen LogP contribution is 2.32. The number of hydrogen-bond acceptors (Lipinski definition) is 4. The second-order valence-corrected chi connectivity index (χ2v) is 9.15. The van der Waals surface area contributed by atoms with E-state index < -0.39 is 21.3 Å². The molecule has 1 aliphatic heterocycles. The number of carbonyl (C=O) groups excluding carboxylic acids is 1. The minimum atomic E-state index is -3.69. The first-order valence-corrected chi connectivity index (χ1v) is 10.4. The fourth-order valence-corrected chi connectivity index (χ4v) is 4.42. The lowest BCUT2D eigenvalue weighted by atomic mass is 9.93. The van der Waals surface area contributed by atoms with Crippen LogP contribution < -0.4 is 15.4 Å². The van der Waals surface area contributed by atoms with Crippen molar-refractivity contribution in [3.8, 4) is 0 Å². The van der Waals surface area contributed by atoms with Gasteiger partial charge in [0.2, 0.25) is 10.0 Å². The van der Waals surface area contributed by atoms with Crippen molar-refractivity contribution in [3.05, 3.63) is 29.3 Å². The highest BCUT2D eigenvalue weighted by molar-refractivity contribution is 7.90. The number of piperidine rings is 1. The van der Waals surface area contributed by atoms with E-state index in [0.29, 0.717) is 18.7 Å². The second-order valence-electron chi connectivity index (χ2n) is 7.19. The van der Waals surface area contributed by atoms with Crippen molar-refractivity contribution in [1.29, 1.82) is 0 Å². The van der Waals surface area contributed by atoms with Gasteiger partial charge >= 0.3 is 6.03 Å². The van der Waals surface area contributed by atoms with E-state index in [1.807, 2.05) is 45.9 Å². The van der Waals surface area contributed by atoms with Crippen LogP contribution in [0.5, 0.6) is 0 Å². The molecule has 1 atom stereocenters. The van der Waals surface area contributed by atoms with Gasteiger partial charge in [0.25, 0.3) is 0 Å². The number of sulfonamides is 1. The van der Waals surface area contributed by atoms with Crippen molar-refractivity contribution >= 4 is 21.7 Å². The number of benzene rings is 1. The average molecular weight is 368 g/mol. The van der Waals surface area contributed by atoms with Gasteiger partial charge in [0.15, 0.2) is 0 Å².